The zero-order chi connectivity index (χ0) is 15.0. The van der Waals surface area contributed by atoms with Gasteiger partial charge in [-0.05, 0) is 42.9 Å². The average molecular weight is 343 g/mol. The van der Waals surface area contributed by atoms with E-state index < -0.39 is 9.84 Å². The minimum atomic E-state index is -3.26. The summed E-state index contributed by atoms with van der Waals surface area (Å²) < 4.78 is 26.4. The number of imidazole rings is 1. The Kier molecular flexibility index (Phi) is 4.16. The van der Waals surface area contributed by atoms with Gasteiger partial charge in [0, 0.05) is 18.1 Å². The topological polar surface area (TPSA) is 54.9 Å². The number of thioether (sulfide) groups is 1. The molecule has 21 heavy (non-hydrogen) atoms. The summed E-state index contributed by atoms with van der Waals surface area (Å²) in [4.78, 5) is 3.40. The van der Waals surface area contributed by atoms with Gasteiger partial charge in [-0.25, -0.2) is 8.42 Å². The monoisotopic (exact) mass is 342 g/mol. The number of nitrogens with one attached hydrogen (secondary N) is 1. The van der Waals surface area contributed by atoms with Gasteiger partial charge < -0.3 is 9.55 Å². The van der Waals surface area contributed by atoms with E-state index >= 15 is 0 Å². The molecule has 2 heterocycles. The van der Waals surface area contributed by atoms with E-state index in [4.69, 9.17) is 12.2 Å². The highest BCUT2D eigenvalue weighted by molar-refractivity contribution is 7.99. The molecular formula is C14H18N2O2S3. The molecule has 114 valence electrons. The third kappa shape index (κ3) is 3.05. The lowest BCUT2D eigenvalue weighted by molar-refractivity contribution is 0.588. The largest absolute Gasteiger partial charge is 0.329 e. The number of hydrogen-bond acceptors (Lipinski definition) is 4. The number of aromatic amines is 1. The highest BCUT2D eigenvalue weighted by Gasteiger charge is 2.19. The first-order chi connectivity index (χ1) is 9.97. The second-order valence-corrected chi connectivity index (χ2v) is 9.23. The number of fused-ring (bicyclic) bond motifs is 1. The number of rotatable bonds is 3. The summed E-state index contributed by atoms with van der Waals surface area (Å²) >= 11 is 7.40. The van der Waals surface area contributed by atoms with Crippen LogP contribution in [-0.4, -0.2) is 35.2 Å². The van der Waals surface area contributed by atoms with Crippen LogP contribution in [0.4, 0.5) is 0 Å². The zero-order valence-electron chi connectivity index (χ0n) is 11.8. The van der Waals surface area contributed by atoms with Gasteiger partial charge in [0.05, 0.1) is 15.9 Å². The Morgan fingerprint density at radius 2 is 2.24 bits per heavy atom. The fraction of sp³-hybridized carbons (Fsp3) is 0.500. The molecule has 1 aliphatic heterocycles. The third-order valence-electron chi connectivity index (χ3n) is 3.83. The molecule has 1 fully saturated rings. The molecule has 0 aliphatic carbocycles. The maximum atomic E-state index is 11.9. The first kappa shape index (κ1) is 15.1. The lowest BCUT2D eigenvalue weighted by Crippen LogP contribution is -2.17. The van der Waals surface area contributed by atoms with Crippen LogP contribution in [0.2, 0.25) is 0 Å². The summed E-state index contributed by atoms with van der Waals surface area (Å²) in [6, 6.07) is 5.35. The van der Waals surface area contributed by atoms with Gasteiger partial charge in [0.1, 0.15) is 0 Å². The second kappa shape index (κ2) is 5.78. The van der Waals surface area contributed by atoms with Crippen LogP contribution in [0.25, 0.3) is 11.0 Å². The number of para-hydroxylation sites is 1. The second-order valence-electron chi connectivity index (χ2n) is 5.45. The van der Waals surface area contributed by atoms with Crippen LogP contribution in [0, 0.1) is 4.77 Å². The Balaban J connectivity index is 2.07. The van der Waals surface area contributed by atoms with Gasteiger partial charge in [-0.1, -0.05) is 12.5 Å². The molecule has 0 radical (unpaired) electrons. The van der Waals surface area contributed by atoms with E-state index in [-0.39, 0.29) is 0 Å². The van der Waals surface area contributed by atoms with Gasteiger partial charge in [0.2, 0.25) is 0 Å². The summed E-state index contributed by atoms with van der Waals surface area (Å²) in [5, 5.41) is 0.561. The van der Waals surface area contributed by atoms with Gasteiger partial charge in [0.25, 0.3) is 0 Å². The van der Waals surface area contributed by atoms with Crippen molar-refractivity contribution in [3.63, 3.8) is 0 Å². The van der Waals surface area contributed by atoms with Gasteiger partial charge in [-0.15, -0.1) is 0 Å². The lowest BCUT2D eigenvalue weighted by Gasteiger charge is -2.21. The van der Waals surface area contributed by atoms with Crippen molar-refractivity contribution in [1.82, 2.24) is 9.55 Å². The van der Waals surface area contributed by atoms with E-state index in [9.17, 15) is 8.42 Å². The summed E-state index contributed by atoms with van der Waals surface area (Å²) in [5.41, 5.74) is 1.51. The normalized spacial score (nSPS) is 20.0. The number of H-pyrrole nitrogens is 1. The predicted octanol–water partition coefficient (Wildman–Crippen LogP) is 3.39. The highest BCUT2D eigenvalue weighted by Crippen LogP contribution is 2.29. The van der Waals surface area contributed by atoms with E-state index in [1.54, 1.807) is 12.1 Å². The molecule has 0 bridgehead atoms. The van der Waals surface area contributed by atoms with Crippen molar-refractivity contribution in [1.29, 1.82) is 0 Å². The zero-order valence-corrected chi connectivity index (χ0v) is 14.3. The molecule has 3 rings (SSSR count). The Morgan fingerprint density at radius 1 is 1.43 bits per heavy atom. The molecule has 0 spiro atoms. The van der Waals surface area contributed by atoms with Crippen molar-refractivity contribution >= 4 is 44.9 Å². The Labute approximate surface area is 133 Å². The minimum Gasteiger partial charge on any atom is -0.329 e. The number of aromatic nitrogens is 2. The fourth-order valence-corrected chi connectivity index (χ4v) is 5.22. The van der Waals surface area contributed by atoms with Crippen LogP contribution in [0.15, 0.2) is 23.1 Å². The molecule has 1 unspecified atom stereocenters. The number of benzene rings is 1. The van der Waals surface area contributed by atoms with E-state index in [2.05, 4.69) is 4.98 Å². The van der Waals surface area contributed by atoms with Gasteiger partial charge in [-0.2, -0.15) is 11.8 Å². The summed E-state index contributed by atoms with van der Waals surface area (Å²) in [7, 11) is -3.26. The summed E-state index contributed by atoms with van der Waals surface area (Å²) in [5.74, 6) is 1.20. The van der Waals surface area contributed by atoms with Crippen molar-refractivity contribution in [2.24, 2.45) is 0 Å². The Hall–Kier alpha value is -0.790. The molecule has 2 aromatic rings. The first-order valence-electron chi connectivity index (χ1n) is 7.00. The maximum Gasteiger partial charge on any atom is 0.178 e. The summed E-state index contributed by atoms with van der Waals surface area (Å²) in [6.45, 7) is 0.844. The van der Waals surface area contributed by atoms with E-state index in [0.717, 1.165) is 12.1 Å². The predicted molar refractivity (Wildman–Crippen MR) is 90.3 cm³/mol. The third-order valence-corrected chi connectivity index (χ3v) is 6.67. The molecule has 1 N–H and O–H groups in total. The highest BCUT2D eigenvalue weighted by atomic mass is 32.2. The molecule has 1 aromatic carbocycles. The van der Waals surface area contributed by atoms with Crippen LogP contribution >= 0.6 is 24.0 Å². The van der Waals surface area contributed by atoms with Crippen LogP contribution in [-0.2, 0) is 16.4 Å². The molecule has 1 aliphatic rings. The van der Waals surface area contributed by atoms with E-state index in [1.165, 1.54) is 31.3 Å². The first-order valence-corrected chi connectivity index (χ1v) is 10.3. The van der Waals surface area contributed by atoms with Gasteiger partial charge in [-0.3, -0.25) is 0 Å². The van der Waals surface area contributed by atoms with Gasteiger partial charge in [0.15, 0.2) is 14.6 Å². The maximum absolute atomic E-state index is 11.9. The number of sulfone groups is 1. The molecule has 1 saturated heterocycles. The van der Waals surface area contributed by atoms with Crippen molar-refractivity contribution in [2.45, 2.75) is 36.0 Å². The molecular weight excluding hydrogens is 324 g/mol. The Bertz CT molecular complexity index is 814. The number of hydrogen-bond donors (Lipinski definition) is 1. The quantitative estimate of drug-likeness (QED) is 0.869. The number of nitrogens with zero attached hydrogens (tertiary/aromatic N) is 1. The molecule has 1 atom stereocenters. The lowest BCUT2D eigenvalue weighted by atomic mass is 10.2. The standard InChI is InChI=1S/C14H18N2O2S3/c1-21(17,18)12-7-4-6-11-13(12)15-14(19)16(11)9-10-5-2-3-8-20-10/h4,6-7,10H,2-3,5,8-9H2,1H3,(H,15,19). The SMILES string of the molecule is CS(=O)(=O)c1cccc2c1[nH]c(=S)n2CC1CCCCS1. The van der Waals surface area contributed by atoms with Crippen LogP contribution in [0.1, 0.15) is 19.3 Å². The van der Waals surface area contributed by atoms with Crippen molar-refractivity contribution < 1.29 is 8.42 Å². The van der Waals surface area contributed by atoms with E-state index in [0.29, 0.717) is 20.4 Å². The smallest absolute Gasteiger partial charge is 0.178 e. The Morgan fingerprint density at radius 3 is 2.90 bits per heavy atom. The molecule has 4 nitrogen and oxygen atoms in total. The van der Waals surface area contributed by atoms with Crippen molar-refractivity contribution in [3.05, 3.63) is 23.0 Å². The summed E-state index contributed by atoms with van der Waals surface area (Å²) in [6.07, 6.45) is 4.98. The van der Waals surface area contributed by atoms with Crippen LogP contribution in [0.3, 0.4) is 0 Å². The molecule has 7 heteroatoms. The van der Waals surface area contributed by atoms with E-state index in [1.807, 2.05) is 22.4 Å². The van der Waals surface area contributed by atoms with Crippen LogP contribution < -0.4 is 0 Å². The van der Waals surface area contributed by atoms with Crippen molar-refractivity contribution in [2.75, 3.05) is 12.0 Å². The van der Waals surface area contributed by atoms with Gasteiger partial charge >= 0.3 is 0 Å². The van der Waals surface area contributed by atoms with Crippen LogP contribution in [0.5, 0.6) is 0 Å². The van der Waals surface area contributed by atoms with Crippen molar-refractivity contribution in [3.8, 4) is 0 Å². The molecule has 0 saturated carbocycles. The molecule has 0 amide bonds. The fourth-order valence-electron chi connectivity index (χ4n) is 2.80. The minimum absolute atomic E-state index is 0.321. The molecule has 1 aromatic heterocycles. The average Bonchev–Trinajstić information content (AvgIpc) is 2.75.